The summed E-state index contributed by atoms with van der Waals surface area (Å²) in [6, 6.07) is 13.1. The van der Waals surface area contributed by atoms with Gasteiger partial charge in [-0.05, 0) is 43.8 Å². The van der Waals surface area contributed by atoms with E-state index in [1.165, 1.54) is 15.3 Å². The first-order chi connectivity index (χ1) is 9.10. The van der Waals surface area contributed by atoms with Gasteiger partial charge >= 0.3 is 0 Å². The molecule has 1 heterocycles. The third-order valence-corrected chi connectivity index (χ3v) is 4.76. The minimum Gasteiger partial charge on any atom is -0.329 e. The Labute approximate surface area is 127 Å². The van der Waals surface area contributed by atoms with E-state index in [1.807, 2.05) is 17.4 Å². The highest BCUT2D eigenvalue weighted by atomic mass is 79.9. The van der Waals surface area contributed by atoms with E-state index >= 15 is 0 Å². The number of benzene rings is 1. The molecule has 1 aromatic heterocycles. The largest absolute Gasteiger partial charge is 0.329 e. The summed E-state index contributed by atoms with van der Waals surface area (Å²) < 4.78 is 1.12. The van der Waals surface area contributed by atoms with Gasteiger partial charge in [0.25, 0.3) is 0 Å². The molecule has 2 rings (SSSR count). The van der Waals surface area contributed by atoms with E-state index in [2.05, 4.69) is 65.1 Å². The number of likely N-dealkylation sites (N-methyl/N-ethyl adjacent to an activating group) is 1. The van der Waals surface area contributed by atoms with Crippen LogP contribution in [0.2, 0.25) is 0 Å². The molecular formula is C15H19BrN2S. The Morgan fingerprint density at radius 2 is 2.11 bits per heavy atom. The van der Waals surface area contributed by atoms with Crippen molar-refractivity contribution in [1.29, 1.82) is 0 Å². The average molecular weight is 339 g/mol. The number of nitrogens with zero attached hydrogens (tertiary/aromatic N) is 1. The molecule has 19 heavy (non-hydrogen) atoms. The molecule has 0 radical (unpaired) electrons. The molecule has 0 fully saturated rings. The van der Waals surface area contributed by atoms with Gasteiger partial charge in [-0.1, -0.05) is 28.1 Å². The first-order valence-electron chi connectivity index (χ1n) is 6.31. The van der Waals surface area contributed by atoms with Gasteiger partial charge in [0, 0.05) is 27.3 Å². The van der Waals surface area contributed by atoms with Gasteiger partial charge in [0.05, 0.1) is 6.04 Å². The van der Waals surface area contributed by atoms with Gasteiger partial charge < -0.3 is 5.73 Å². The third kappa shape index (κ3) is 3.89. The van der Waals surface area contributed by atoms with Crippen molar-refractivity contribution in [2.45, 2.75) is 19.5 Å². The predicted molar refractivity (Wildman–Crippen MR) is 86.5 cm³/mol. The summed E-state index contributed by atoms with van der Waals surface area (Å²) in [5, 5.41) is 0. The van der Waals surface area contributed by atoms with Gasteiger partial charge in [0.2, 0.25) is 0 Å². The summed E-state index contributed by atoms with van der Waals surface area (Å²) in [5.41, 5.74) is 7.25. The second kappa shape index (κ2) is 6.66. The lowest BCUT2D eigenvalue weighted by Gasteiger charge is -2.26. The highest BCUT2D eigenvalue weighted by molar-refractivity contribution is 9.10. The number of thiophene rings is 1. The standard InChI is InChI=1S/C15H19BrN2S/c1-11-6-7-15(19-11)14(9-17)18(2)10-12-4-3-5-13(16)8-12/h3-8,14H,9-10,17H2,1-2H3. The lowest BCUT2D eigenvalue weighted by Crippen LogP contribution is -2.29. The molecule has 2 aromatic rings. The van der Waals surface area contributed by atoms with Crippen molar-refractivity contribution >= 4 is 27.3 Å². The lowest BCUT2D eigenvalue weighted by atomic mass is 10.1. The maximum atomic E-state index is 5.95. The Bertz CT molecular complexity index is 538. The number of rotatable bonds is 5. The van der Waals surface area contributed by atoms with Crippen LogP contribution in [0.15, 0.2) is 40.9 Å². The summed E-state index contributed by atoms with van der Waals surface area (Å²) in [5.74, 6) is 0. The maximum Gasteiger partial charge on any atom is 0.0564 e. The molecule has 0 spiro atoms. The Morgan fingerprint density at radius 3 is 2.68 bits per heavy atom. The minimum absolute atomic E-state index is 0.290. The number of aryl methyl sites for hydroxylation is 1. The average Bonchev–Trinajstić information content (AvgIpc) is 2.76. The summed E-state index contributed by atoms with van der Waals surface area (Å²) in [7, 11) is 2.13. The van der Waals surface area contributed by atoms with E-state index in [4.69, 9.17) is 5.73 Å². The number of hydrogen-bond acceptors (Lipinski definition) is 3. The predicted octanol–water partition coefficient (Wildman–Crippen LogP) is 3.95. The number of nitrogens with two attached hydrogens (primary N) is 1. The van der Waals surface area contributed by atoms with Crippen LogP contribution in [0.3, 0.4) is 0 Å². The molecule has 0 saturated carbocycles. The Hall–Kier alpha value is -0.680. The Kier molecular flexibility index (Phi) is 5.16. The van der Waals surface area contributed by atoms with Crippen LogP contribution in [0.1, 0.15) is 21.4 Å². The van der Waals surface area contributed by atoms with Crippen LogP contribution in [-0.4, -0.2) is 18.5 Å². The molecule has 102 valence electrons. The van der Waals surface area contributed by atoms with Gasteiger partial charge in [-0.3, -0.25) is 4.90 Å². The molecule has 1 unspecified atom stereocenters. The lowest BCUT2D eigenvalue weighted by molar-refractivity contribution is 0.245. The molecule has 0 amide bonds. The van der Waals surface area contributed by atoms with E-state index in [-0.39, 0.29) is 6.04 Å². The number of halogens is 1. The van der Waals surface area contributed by atoms with Crippen molar-refractivity contribution in [3.63, 3.8) is 0 Å². The summed E-state index contributed by atoms with van der Waals surface area (Å²) in [6.07, 6.45) is 0. The maximum absolute atomic E-state index is 5.95. The van der Waals surface area contributed by atoms with Crippen molar-refractivity contribution in [2.75, 3.05) is 13.6 Å². The van der Waals surface area contributed by atoms with E-state index in [1.54, 1.807) is 0 Å². The zero-order valence-corrected chi connectivity index (χ0v) is 13.7. The molecule has 0 aliphatic rings. The molecule has 0 bridgehead atoms. The van der Waals surface area contributed by atoms with Gasteiger partial charge in [-0.2, -0.15) is 0 Å². The van der Waals surface area contributed by atoms with E-state index in [0.29, 0.717) is 6.54 Å². The smallest absolute Gasteiger partial charge is 0.0564 e. The molecule has 2 nitrogen and oxygen atoms in total. The minimum atomic E-state index is 0.290. The topological polar surface area (TPSA) is 29.3 Å². The van der Waals surface area contributed by atoms with Crippen molar-refractivity contribution in [3.8, 4) is 0 Å². The highest BCUT2D eigenvalue weighted by Crippen LogP contribution is 2.27. The fourth-order valence-corrected chi connectivity index (χ4v) is 3.68. The first-order valence-corrected chi connectivity index (χ1v) is 7.92. The van der Waals surface area contributed by atoms with Crippen LogP contribution in [0.25, 0.3) is 0 Å². The van der Waals surface area contributed by atoms with Gasteiger partial charge in [0.1, 0.15) is 0 Å². The van der Waals surface area contributed by atoms with Gasteiger partial charge in [-0.25, -0.2) is 0 Å². The normalized spacial score (nSPS) is 12.9. The quantitative estimate of drug-likeness (QED) is 0.894. The van der Waals surface area contributed by atoms with Crippen LogP contribution in [0, 0.1) is 6.92 Å². The fourth-order valence-electron chi connectivity index (χ4n) is 2.18. The molecular weight excluding hydrogens is 320 g/mol. The van der Waals surface area contributed by atoms with Crippen molar-refractivity contribution in [2.24, 2.45) is 5.73 Å². The Balaban J connectivity index is 2.11. The first kappa shape index (κ1) is 14.7. The molecule has 1 atom stereocenters. The molecule has 4 heteroatoms. The fraction of sp³-hybridized carbons (Fsp3) is 0.333. The number of hydrogen-bond donors (Lipinski definition) is 1. The summed E-state index contributed by atoms with van der Waals surface area (Å²) >= 11 is 5.34. The molecule has 0 aliphatic heterocycles. The zero-order chi connectivity index (χ0) is 13.8. The van der Waals surface area contributed by atoms with Crippen LogP contribution < -0.4 is 5.73 Å². The molecule has 0 aliphatic carbocycles. The highest BCUT2D eigenvalue weighted by Gasteiger charge is 2.17. The van der Waals surface area contributed by atoms with E-state index in [0.717, 1.165) is 11.0 Å². The molecule has 0 saturated heterocycles. The van der Waals surface area contributed by atoms with Crippen molar-refractivity contribution < 1.29 is 0 Å². The van der Waals surface area contributed by atoms with Crippen LogP contribution in [-0.2, 0) is 6.54 Å². The Morgan fingerprint density at radius 1 is 1.32 bits per heavy atom. The second-order valence-electron chi connectivity index (χ2n) is 4.74. The molecule has 2 N–H and O–H groups in total. The van der Waals surface area contributed by atoms with Crippen LogP contribution in [0.5, 0.6) is 0 Å². The van der Waals surface area contributed by atoms with Crippen LogP contribution in [0.4, 0.5) is 0 Å². The van der Waals surface area contributed by atoms with Crippen molar-refractivity contribution in [3.05, 3.63) is 56.2 Å². The van der Waals surface area contributed by atoms with Crippen LogP contribution >= 0.6 is 27.3 Å². The monoisotopic (exact) mass is 338 g/mol. The van der Waals surface area contributed by atoms with E-state index < -0.39 is 0 Å². The van der Waals surface area contributed by atoms with Gasteiger partial charge in [0.15, 0.2) is 0 Å². The third-order valence-electron chi connectivity index (χ3n) is 3.17. The zero-order valence-electron chi connectivity index (χ0n) is 11.3. The van der Waals surface area contributed by atoms with Crippen molar-refractivity contribution in [1.82, 2.24) is 4.90 Å². The van der Waals surface area contributed by atoms with E-state index in [9.17, 15) is 0 Å². The summed E-state index contributed by atoms with van der Waals surface area (Å²) in [4.78, 5) is 4.99. The SMILES string of the molecule is Cc1ccc(C(CN)N(C)Cc2cccc(Br)c2)s1. The second-order valence-corrected chi connectivity index (χ2v) is 6.98. The van der Waals surface area contributed by atoms with Gasteiger partial charge in [-0.15, -0.1) is 11.3 Å². The summed E-state index contributed by atoms with van der Waals surface area (Å²) in [6.45, 7) is 3.68. The molecule has 1 aromatic carbocycles.